The van der Waals surface area contributed by atoms with Crippen LogP contribution >= 0.6 is 0 Å². The lowest BCUT2D eigenvalue weighted by Gasteiger charge is -2.07. The van der Waals surface area contributed by atoms with E-state index < -0.39 is 11.6 Å². The van der Waals surface area contributed by atoms with Crippen molar-refractivity contribution in [3.8, 4) is 11.4 Å². The Morgan fingerprint density at radius 3 is 2.69 bits per heavy atom. The zero-order chi connectivity index (χ0) is 18.7. The Kier molecular flexibility index (Phi) is 5.06. The van der Waals surface area contributed by atoms with E-state index in [9.17, 15) is 13.6 Å². The van der Waals surface area contributed by atoms with E-state index in [-0.39, 0.29) is 11.7 Å². The molecule has 7 heteroatoms. The second kappa shape index (κ2) is 7.43. The van der Waals surface area contributed by atoms with Crippen LogP contribution in [0.2, 0.25) is 0 Å². The second-order valence-corrected chi connectivity index (χ2v) is 6.06. The van der Waals surface area contributed by atoms with E-state index in [2.05, 4.69) is 20.5 Å². The number of rotatable bonds is 5. The first-order valence-electron chi connectivity index (χ1n) is 8.16. The van der Waals surface area contributed by atoms with Crippen LogP contribution in [-0.4, -0.2) is 27.6 Å². The minimum atomic E-state index is -0.949. The van der Waals surface area contributed by atoms with E-state index in [1.165, 1.54) is 6.07 Å². The lowest BCUT2D eigenvalue weighted by molar-refractivity contribution is 0.0953. The highest BCUT2D eigenvalue weighted by Crippen LogP contribution is 2.18. The molecule has 3 aromatic rings. The molecule has 0 aliphatic rings. The van der Waals surface area contributed by atoms with Crippen LogP contribution in [0.15, 0.2) is 36.4 Å². The number of H-pyrrole nitrogens is 1. The number of carbonyl (C=O) groups is 1. The fourth-order valence-electron chi connectivity index (χ4n) is 2.54. The van der Waals surface area contributed by atoms with Gasteiger partial charge in [0, 0.05) is 24.1 Å². The van der Waals surface area contributed by atoms with Crippen LogP contribution in [0.25, 0.3) is 11.4 Å². The molecule has 0 atom stereocenters. The van der Waals surface area contributed by atoms with Crippen molar-refractivity contribution in [1.82, 2.24) is 20.5 Å². The Hall–Kier alpha value is -3.09. The van der Waals surface area contributed by atoms with E-state index in [4.69, 9.17) is 0 Å². The normalized spacial score (nSPS) is 10.8. The highest BCUT2D eigenvalue weighted by Gasteiger charge is 2.11. The lowest BCUT2D eigenvalue weighted by Crippen LogP contribution is -2.26. The van der Waals surface area contributed by atoms with Crippen molar-refractivity contribution < 1.29 is 13.6 Å². The van der Waals surface area contributed by atoms with Crippen molar-refractivity contribution in [1.29, 1.82) is 0 Å². The number of amides is 1. The van der Waals surface area contributed by atoms with Gasteiger partial charge in [-0.3, -0.25) is 9.89 Å². The van der Waals surface area contributed by atoms with Gasteiger partial charge in [-0.1, -0.05) is 17.7 Å². The van der Waals surface area contributed by atoms with Crippen LogP contribution < -0.4 is 5.32 Å². The van der Waals surface area contributed by atoms with Crippen LogP contribution in [0.3, 0.4) is 0 Å². The summed E-state index contributed by atoms with van der Waals surface area (Å²) in [6, 6.07) is 9.21. The molecule has 2 N–H and O–H groups in total. The molecule has 5 nitrogen and oxygen atoms in total. The molecule has 0 aliphatic carbocycles. The highest BCUT2D eigenvalue weighted by molar-refractivity contribution is 5.95. The zero-order valence-electron chi connectivity index (χ0n) is 14.4. The number of aromatic amines is 1. The maximum absolute atomic E-state index is 13.3. The van der Waals surface area contributed by atoms with Crippen molar-refractivity contribution in [3.05, 3.63) is 70.5 Å². The quantitative estimate of drug-likeness (QED) is 0.737. The number of halogens is 2. The maximum Gasteiger partial charge on any atom is 0.251 e. The van der Waals surface area contributed by atoms with Crippen LogP contribution in [0, 0.1) is 25.5 Å². The molecule has 1 heterocycles. The molecular weight excluding hydrogens is 338 g/mol. The smallest absolute Gasteiger partial charge is 0.251 e. The van der Waals surface area contributed by atoms with Gasteiger partial charge in [0.1, 0.15) is 5.82 Å². The standard InChI is InChI=1S/C19H18F2N4O/c1-11-3-4-12(2)14(9-11)19(26)22-8-7-17-23-18(25-24-17)13-5-6-15(20)16(21)10-13/h3-6,9-10H,7-8H2,1-2H3,(H,22,26)(H,23,24,25). The molecule has 0 bridgehead atoms. The Morgan fingerprint density at radius 2 is 1.92 bits per heavy atom. The second-order valence-electron chi connectivity index (χ2n) is 6.06. The first kappa shape index (κ1) is 17.7. The molecule has 0 saturated heterocycles. The van der Waals surface area contributed by atoms with Crippen LogP contribution in [0.1, 0.15) is 27.3 Å². The molecule has 3 rings (SSSR count). The molecule has 134 valence electrons. The van der Waals surface area contributed by atoms with Crippen LogP contribution in [-0.2, 0) is 6.42 Å². The van der Waals surface area contributed by atoms with Gasteiger partial charge in [0.2, 0.25) is 0 Å². The van der Waals surface area contributed by atoms with E-state index >= 15 is 0 Å². The first-order valence-corrected chi connectivity index (χ1v) is 8.16. The molecule has 0 spiro atoms. The molecular formula is C19H18F2N4O. The number of carbonyl (C=O) groups excluding carboxylic acids is 1. The van der Waals surface area contributed by atoms with Crippen molar-refractivity contribution in [2.75, 3.05) is 6.54 Å². The SMILES string of the molecule is Cc1ccc(C)c(C(=O)NCCc2nc(-c3ccc(F)c(F)c3)n[nH]2)c1. The number of aromatic nitrogens is 3. The molecule has 0 saturated carbocycles. The van der Waals surface area contributed by atoms with Crippen molar-refractivity contribution in [2.24, 2.45) is 0 Å². The summed E-state index contributed by atoms with van der Waals surface area (Å²) in [5.74, 6) is -1.19. The largest absolute Gasteiger partial charge is 0.352 e. The third-order valence-electron chi connectivity index (χ3n) is 3.99. The van der Waals surface area contributed by atoms with E-state index in [0.29, 0.717) is 29.9 Å². The summed E-state index contributed by atoms with van der Waals surface area (Å²) in [4.78, 5) is 16.5. The fourth-order valence-corrected chi connectivity index (χ4v) is 2.54. The predicted molar refractivity (Wildman–Crippen MR) is 93.7 cm³/mol. The molecule has 0 unspecified atom stereocenters. The van der Waals surface area contributed by atoms with E-state index in [0.717, 1.165) is 23.3 Å². The summed E-state index contributed by atoms with van der Waals surface area (Å²) in [6.07, 6.45) is 0.438. The van der Waals surface area contributed by atoms with Gasteiger partial charge in [0.25, 0.3) is 5.91 Å². The monoisotopic (exact) mass is 356 g/mol. The summed E-state index contributed by atoms with van der Waals surface area (Å²) >= 11 is 0. The lowest BCUT2D eigenvalue weighted by atomic mass is 10.1. The molecule has 0 radical (unpaired) electrons. The first-order chi connectivity index (χ1) is 12.4. The predicted octanol–water partition coefficient (Wildman–Crippen LogP) is 3.34. The third kappa shape index (κ3) is 3.93. The summed E-state index contributed by atoms with van der Waals surface area (Å²) in [5, 5.41) is 9.59. The van der Waals surface area contributed by atoms with Gasteiger partial charge in [0.05, 0.1) is 0 Å². The average molecular weight is 356 g/mol. The number of nitrogens with one attached hydrogen (secondary N) is 2. The molecule has 0 fully saturated rings. The van der Waals surface area contributed by atoms with Gasteiger partial charge in [-0.05, 0) is 43.7 Å². The maximum atomic E-state index is 13.3. The van der Waals surface area contributed by atoms with Gasteiger partial charge in [-0.2, -0.15) is 5.10 Å². The fraction of sp³-hybridized carbons (Fsp3) is 0.211. The number of aryl methyl sites for hydroxylation is 2. The Balaban J connectivity index is 1.60. The van der Waals surface area contributed by atoms with Gasteiger partial charge in [0.15, 0.2) is 17.5 Å². The minimum Gasteiger partial charge on any atom is -0.352 e. The Bertz CT molecular complexity index is 952. The third-order valence-corrected chi connectivity index (χ3v) is 3.99. The molecule has 1 amide bonds. The summed E-state index contributed by atoms with van der Waals surface area (Å²) in [5.41, 5.74) is 2.96. The number of nitrogens with zero attached hydrogens (tertiary/aromatic N) is 2. The summed E-state index contributed by atoms with van der Waals surface area (Å²) in [6.45, 7) is 4.20. The van der Waals surface area contributed by atoms with Crippen LogP contribution in [0.4, 0.5) is 8.78 Å². The summed E-state index contributed by atoms with van der Waals surface area (Å²) in [7, 11) is 0. The van der Waals surface area contributed by atoms with Crippen molar-refractivity contribution in [3.63, 3.8) is 0 Å². The Morgan fingerprint density at radius 1 is 1.12 bits per heavy atom. The molecule has 26 heavy (non-hydrogen) atoms. The molecule has 1 aromatic heterocycles. The number of benzene rings is 2. The highest BCUT2D eigenvalue weighted by atomic mass is 19.2. The number of hydrogen-bond acceptors (Lipinski definition) is 3. The van der Waals surface area contributed by atoms with Crippen molar-refractivity contribution >= 4 is 5.91 Å². The van der Waals surface area contributed by atoms with Gasteiger partial charge < -0.3 is 5.32 Å². The number of hydrogen-bond donors (Lipinski definition) is 2. The molecule has 2 aromatic carbocycles. The zero-order valence-corrected chi connectivity index (χ0v) is 14.4. The van der Waals surface area contributed by atoms with Gasteiger partial charge >= 0.3 is 0 Å². The van der Waals surface area contributed by atoms with Gasteiger partial charge in [-0.15, -0.1) is 0 Å². The summed E-state index contributed by atoms with van der Waals surface area (Å²) < 4.78 is 26.3. The topological polar surface area (TPSA) is 70.7 Å². The van der Waals surface area contributed by atoms with Gasteiger partial charge in [-0.25, -0.2) is 13.8 Å². The van der Waals surface area contributed by atoms with Crippen molar-refractivity contribution in [2.45, 2.75) is 20.3 Å². The van der Waals surface area contributed by atoms with Crippen LogP contribution in [0.5, 0.6) is 0 Å². The van der Waals surface area contributed by atoms with E-state index in [1.807, 2.05) is 32.0 Å². The average Bonchev–Trinajstić information content (AvgIpc) is 3.08. The molecule has 0 aliphatic heterocycles. The van der Waals surface area contributed by atoms with E-state index in [1.54, 1.807) is 0 Å². The minimum absolute atomic E-state index is 0.147. The Labute approximate surface area is 149 Å².